The molecule has 4 nitrogen and oxygen atoms in total. The van der Waals surface area contributed by atoms with E-state index in [1.54, 1.807) is 0 Å². The van der Waals surface area contributed by atoms with E-state index in [9.17, 15) is 4.79 Å². The molecule has 2 fully saturated rings. The summed E-state index contributed by atoms with van der Waals surface area (Å²) in [4.78, 5) is 14.1. The van der Waals surface area contributed by atoms with Crippen molar-refractivity contribution in [3.8, 4) is 0 Å². The van der Waals surface area contributed by atoms with Crippen LogP contribution in [0.5, 0.6) is 0 Å². The quantitative estimate of drug-likeness (QED) is 0.766. The first-order valence-corrected chi connectivity index (χ1v) is 7.87. The van der Waals surface area contributed by atoms with E-state index in [4.69, 9.17) is 5.73 Å². The highest BCUT2D eigenvalue weighted by molar-refractivity contribution is 5.80. The lowest BCUT2D eigenvalue weighted by molar-refractivity contribution is -0.120. The molecule has 1 aliphatic heterocycles. The van der Waals surface area contributed by atoms with Gasteiger partial charge < -0.3 is 11.1 Å². The van der Waals surface area contributed by atoms with Gasteiger partial charge in [-0.2, -0.15) is 0 Å². The Balaban J connectivity index is 1.93. The second-order valence-corrected chi connectivity index (χ2v) is 6.53. The number of likely N-dealkylation sites (tertiary alicyclic amines) is 1. The third-order valence-corrected chi connectivity index (χ3v) is 4.65. The van der Waals surface area contributed by atoms with E-state index >= 15 is 0 Å². The van der Waals surface area contributed by atoms with E-state index in [0.29, 0.717) is 12.1 Å². The molecule has 0 aromatic heterocycles. The number of carbonyl (C=O) groups is 1. The molecule has 1 heterocycles. The van der Waals surface area contributed by atoms with E-state index in [2.05, 4.69) is 24.1 Å². The van der Waals surface area contributed by atoms with Crippen LogP contribution < -0.4 is 11.1 Å². The number of hydrogen-bond donors (Lipinski definition) is 2. The summed E-state index contributed by atoms with van der Waals surface area (Å²) in [7, 11) is 0. The van der Waals surface area contributed by atoms with Crippen LogP contribution in [-0.4, -0.2) is 42.0 Å². The van der Waals surface area contributed by atoms with Crippen molar-refractivity contribution in [2.75, 3.05) is 13.1 Å². The summed E-state index contributed by atoms with van der Waals surface area (Å²) < 4.78 is 0. The Hall–Kier alpha value is -0.610. The normalized spacial score (nSPS) is 27.2. The molecule has 1 saturated carbocycles. The molecule has 0 spiro atoms. The lowest BCUT2D eigenvalue weighted by Gasteiger charge is -2.32. The average molecular weight is 267 g/mol. The largest absolute Gasteiger partial charge is 0.368 e. The first-order valence-electron chi connectivity index (χ1n) is 7.87. The number of nitrogens with two attached hydrogens (primary N) is 1. The monoisotopic (exact) mass is 267 g/mol. The number of carbonyl (C=O) groups excluding carboxylic acids is 1. The summed E-state index contributed by atoms with van der Waals surface area (Å²) in [6.07, 6.45) is 8.10. The number of amides is 1. The van der Waals surface area contributed by atoms with E-state index in [1.807, 2.05) is 0 Å². The van der Waals surface area contributed by atoms with Crippen LogP contribution in [0.3, 0.4) is 0 Å². The molecule has 0 bridgehead atoms. The van der Waals surface area contributed by atoms with Crippen LogP contribution >= 0.6 is 0 Å². The van der Waals surface area contributed by atoms with Gasteiger partial charge >= 0.3 is 0 Å². The molecule has 1 amide bonds. The van der Waals surface area contributed by atoms with Crippen molar-refractivity contribution in [2.24, 2.45) is 11.7 Å². The van der Waals surface area contributed by atoms with Crippen molar-refractivity contribution in [3.05, 3.63) is 0 Å². The Bertz CT molecular complexity index is 300. The van der Waals surface area contributed by atoms with Crippen molar-refractivity contribution in [1.29, 1.82) is 0 Å². The number of rotatable bonds is 6. The molecular weight excluding hydrogens is 238 g/mol. The third-order valence-electron chi connectivity index (χ3n) is 4.65. The lowest BCUT2D eigenvalue weighted by Crippen LogP contribution is -2.52. The third kappa shape index (κ3) is 3.93. The molecule has 0 aromatic rings. The fraction of sp³-hybridized carbons (Fsp3) is 0.933. The topological polar surface area (TPSA) is 58.4 Å². The van der Waals surface area contributed by atoms with Crippen molar-refractivity contribution < 1.29 is 4.79 Å². The van der Waals surface area contributed by atoms with Crippen LogP contribution in [0, 0.1) is 5.92 Å². The molecular formula is C15H29N3O. The maximum absolute atomic E-state index is 11.6. The summed E-state index contributed by atoms with van der Waals surface area (Å²) >= 11 is 0. The van der Waals surface area contributed by atoms with Crippen molar-refractivity contribution in [1.82, 2.24) is 10.2 Å². The van der Waals surface area contributed by atoms with Crippen molar-refractivity contribution >= 4 is 5.91 Å². The second kappa shape index (κ2) is 6.71. The summed E-state index contributed by atoms with van der Waals surface area (Å²) in [5.74, 6) is 0.640. The van der Waals surface area contributed by atoms with Gasteiger partial charge in [0.1, 0.15) is 0 Å². The fourth-order valence-electron chi connectivity index (χ4n) is 3.82. The Morgan fingerprint density at radius 3 is 2.53 bits per heavy atom. The summed E-state index contributed by atoms with van der Waals surface area (Å²) in [5.41, 5.74) is 5.53. The average Bonchev–Trinajstić information content (AvgIpc) is 2.96. The summed E-state index contributed by atoms with van der Waals surface area (Å²) in [6.45, 7) is 6.04. The molecule has 2 rings (SSSR count). The highest BCUT2D eigenvalue weighted by Gasteiger charge is 2.35. The summed E-state index contributed by atoms with van der Waals surface area (Å²) in [5, 5.41) is 3.30. The van der Waals surface area contributed by atoms with Gasteiger partial charge in [0.2, 0.25) is 5.91 Å². The highest BCUT2D eigenvalue weighted by atomic mass is 16.1. The maximum Gasteiger partial charge on any atom is 0.235 e. The lowest BCUT2D eigenvalue weighted by atomic mass is 9.95. The Morgan fingerprint density at radius 1 is 1.26 bits per heavy atom. The van der Waals surface area contributed by atoms with Gasteiger partial charge in [-0.25, -0.2) is 0 Å². The highest BCUT2D eigenvalue weighted by Crippen LogP contribution is 2.35. The minimum Gasteiger partial charge on any atom is -0.368 e. The maximum atomic E-state index is 11.6. The Labute approximate surface area is 117 Å². The van der Waals surface area contributed by atoms with Gasteiger partial charge in [0.05, 0.1) is 6.04 Å². The summed E-state index contributed by atoms with van der Waals surface area (Å²) in [6, 6.07) is 0.783. The van der Waals surface area contributed by atoms with Crippen LogP contribution in [0.4, 0.5) is 0 Å². The SMILES string of the molecule is CC(C)NC(CN1CCCC1C1CCCC1)C(N)=O. The zero-order valence-corrected chi connectivity index (χ0v) is 12.4. The molecule has 110 valence electrons. The van der Waals surface area contributed by atoms with Crippen molar-refractivity contribution in [3.63, 3.8) is 0 Å². The van der Waals surface area contributed by atoms with Crippen LogP contribution in [0.2, 0.25) is 0 Å². The van der Waals surface area contributed by atoms with Crippen LogP contribution in [0.1, 0.15) is 52.4 Å². The van der Waals surface area contributed by atoms with Crippen LogP contribution in [0.15, 0.2) is 0 Å². The van der Waals surface area contributed by atoms with E-state index < -0.39 is 0 Å². The first-order chi connectivity index (χ1) is 9.08. The van der Waals surface area contributed by atoms with Gasteiger partial charge in [-0.1, -0.05) is 26.7 Å². The Kier molecular flexibility index (Phi) is 5.22. The molecule has 2 unspecified atom stereocenters. The molecule has 1 saturated heterocycles. The molecule has 4 heteroatoms. The number of nitrogens with one attached hydrogen (secondary N) is 1. The predicted octanol–water partition coefficient (Wildman–Crippen LogP) is 1.49. The zero-order valence-electron chi connectivity index (χ0n) is 12.4. The van der Waals surface area contributed by atoms with Crippen LogP contribution in [0.25, 0.3) is 0 Å². The van der Waals surface area contributed by atoms with Gasteiger partial charge in [-0.15, -0.1) is 0 Å². The molecule has 0 aromatic carbocycles. The number of nitrogens with zero attached hydrogens (tertiary/aromatic N) is 1. The minimum absolute atomic E-state index is 0.206. The molecule has 0 radical (unpaired) electrons. The fourth-order valence-corrected chi connectivity index (χ4v) is 3.82. The molecule has 2 aliphatic rings. The number of hydrogen-bond acceptors (Lipinski definition) is 3. The first kappa shape index (κ1) is 14.8. The van der Waals surface area contributed by atoms with Gasteiger partial charge in [0, 0.05) is 18.6 Å². The van der Waals surface area contributed by atoms with Crippen LogP contribution in [-0.2, 0) is 4.79 Å². The molecule has 1 aliphatic carbocycles. The standard InChI is InChI=1S/C15H29N3O/c1-11(2)17-13(15(16)19)10-18-9-5-8-14(18)12-6-3-4-7-12/h11-14,17H,3-10H2,1-2H3,(H2,16,19). The Morgan fingerprint density at radius 2 is 1.95 bits per heavy atom. The predicted molar refractivity (Wildman–Crippen MR) is 77.8 cm³/mol. The zero-order chi connectivity index (χ0) is 13.8. The van der Waals surface area contributed by atoms with Gasteiger partial charge in [-0.3, -0.25) is 9.69 Å². The van der Waals surface area contributed by atoms with Gasteiger partial charge in [0.25, 0.3) is 0 Å². The molecule has 2 atom stereocenters. The van der Waals surface area contributed by atoms with Gasteiger partial charge in [0.15, 0.2) is 0 Å². The second-order valence-electron chi connectivity index (χ2n) is 6.53. The van der Waals surface area contributed by atoms with Crippen molar-refractivity contribution in [2.45, 2.75) is 70.5 Å². The molecule has 19 heavy (non-hydrogen) atoms. The van der Waals surface area contributed by atoms with E-state index in [-0.39, 0.29) is 11.9 Å². The van der Waals surface area contributed by atoms with E-state index in [1.165, 1.54) is 38.5 Å². The smallest absolute Gasteiger partial charge is 0.235 e. The number of primary amides is 1. The minimum atomic E-state index is -0.217. The van der Waals surface area contributed by atoms with E-state index in [0.717, 1.165) is 19.0 Å². The molecule has 3 N–H and O–H groups in total. The van der Waals surface area contributed by atoms with Gasteiger partial charge in [-0.05, 0) is 38.1 Å².